The molecule has 0 atom stereocenters. The molecule has 0 radical (unpaired) electrons. The fraction of sp³-hybridized carbons (Fsp3) is 0.462. The van der Waals surface area contributed by atoms with E-state index >= 15 is 0 Å². The van der Waals surface area contributed by atoms with Gasteiger partial charge in [0, 0.05) is 25.3 Å². The molecule has 0 unspecified atom stereocenters. The van der Waals surface area contributed by atoms with E-state index in [9.17, 15) is 8.42 Å². The molecule has 2 N–H and O–H groups in total. The summed E-state index contributed by atoms with van der Waals surface area (Å²) >= 11 is 4.87. The van der Waals surface area contributed by atoms with Crippen molar-refractivity contribution in [2.75, 3.05) is 26.3 Å². The van der Waals surface area contributed by atoms with Crippen molar-refractivity contribution >= 4 is 27.2 Å². The summed E-state index contributed by atoms with van der Waals surface area (Å²) in [6.07, 6.45) is 0. The number of rotatable bonds is 8. The molecule has 20 heavy (non-hydrogen) atoms. The quantitative estimate of drug-likeness (QED) is 0.579. The van der Waals surface area contributed by atoms with Crippen LogP contribution in [0.5, 0.6) is 0 Å². The molecule has 0 fully saturated rings. The SMILES string of the molecule is CCOCCN(CC)S(=O)(=O)c1cccc(C(N)=S)c1. The van der Waals surface area contributed by atoms with Crippen molar-refractivity contribution in [2.24, 2.45) is 5.73 Å². The molecule has 0 aliphatic heterocycles. The van der Waals surface area contributed by atoms with E-state index in [2.05, 4.69) is 0 Å². The summed E-state index contributed by atoms with van der Waals surface area (Å²) in [6, 6.07) is 6.37. The van der Waals surface area contributed by atoms with Gasteiger partial charge in [0.25, 0.3) is 0 Å². The first-order valence-electron chi connectivity index (χ1n) is 6.41. The zero-order chi connectivity index (χ0) is 15.2. The number of likely N-dealkylation sites (N-methyl/N-ethyl adjacent to an activating group) is 1. The first-order valence-corrected chi connectivity index (χ1v) is 8.26. The standard InChI is InChI=1S/C13H20N2O3S2/c1-3-15(8-9-18-4-2)20(16,17)12-7-5-6-11(10-12)13(14)19/h5-7,10H,3-4,8-9H2,1-2H3,(H2,14,19). The molecule has 0 spiro atoms. The topological polar surface area (TPSA) is 72.6 Å². The van der Waals surface area contributed by atoms with Gasteiger partial charge in [0.05, 0.1) is 11.5 Å². The molecule has 112 valence electrons. The minimum Gasteiger partial charge on any atom is -0.389 e. The molecule has 0 saturated carbocycles. The van der Waals surface area contributed by atoms with Gasteiger partial charge in [-0.3, -0.25) is 0 Å². The van der Waals surface area contributed by atoms with Crippen LogP contribution in [0.3, 0.4) is 0 Å². The van der Waals surface area contributed by atoms with Crippen LogP contribution in [-0.4, -0.2) is 44.0 Å². The van der Waals surface area contributed by atoms with E-state index in [1.807, 2.05) is 6.92 Å². The van der Waals surface area contributed by atoms with Crippen molar-refractivity contribution in [3.63, 3.8) is 0 Å². The van der Waals surface area contributed by atoms with Crippen LogP contribution in [-0.2, 0) is 14.8 Å². The molecule has 0 saturated heterocycles. The van der Waals surface area contributed by atoms with Gasteiger partial charge in [-0.25, -0.2) is 8.42 Å². The van der Waals surface area contributed by atoms with Crippen molar-refractivity contribution in [3.05, 3.63) is 29.8 Å². The monoisotopic (exact) mass is 316 g/mol. The molecule has 5 nitrogen and oxygen atoms in total. The first kappa shape index (κ1) is 17.0. The van der Waals surface area contributed by atoms with Crippen molar-refractivity contribution in [1.82, 2.24) is 4.31 Å². The highest BCUT2D eigenvalue weighted by atomic mass is 32.2. The predicted molar refractivity (Wildman–Crippen MR) is 83.3 cm³/mol. The average molecular weight is 316 g/mol. The Bertz CT molecular complexity index is 558. The van der Waals surface area contributed by atoms with Crippen LogP contribution in [0.1, 0.15) is 19.4 Å². The largest absolute Gasteiger partial charge is 0.389 e. The minimum absolute atomic E-state index is 0.180. The summed E-state index contributed by atoms with van der Waals surface area (Å²) in [5.74, 6) is 0. The molecule has 0 bridgehead atoms. The van der Waals surface area contributed by atoms with Crippen LogP contribution in [0.25, 0.3) is 0 Å². The molecule has 1 aromatic carbocycles. The second kappa shape index (κ2) is 7.68. The van der Waals surface area contributed by atoms with E-state index in [1.54, 1.807) is 25.1 Å². The molecular weight excluding hydrogens is 296 g/mol. The zero-order valence-corrected chi connectivity index (χ0v) is 13.3. The highest BCUT2D eigenvalue weighted by Crippen LogP contribution is 2.17. The van der Waals surface area contributed by atoms with E-state index in [0.717, 1.165) is 0 Å². The van der Waals surface area contributed by atoms with Gasteiger partial charge in [-0.2, -0.15) is 4.31 Å². The number of benzene rings is 1. The van der Waals surface area contributed by atoms with Gasteiger partial charge in [-0.1, -0.05) is 31.3 Å². The van der Waals surface area contributed by atoms with E-state index in [-0.39, 0.29) is 9.88 Å². The maximum atomic E-state index is 12.5. The highest BCUT2D eigenvalue weighted by molar-refractivity contribution is 7.89. The Balaban J connectivity index is 3.01. The second-order valence-electron chi connectivity index (χ2n) is 4.09. The third-order valence-electron chi connectivity index (χ3n) is 2.80. The fourth-order valence-electron chi connectivity index (χ4n) is 1.72. The molecular formula is C13H20N2O3S2. The molecule has 0 amide bonds. The Morgan fingerprint density at radius 1 is 1.40 bits per heavy atom. The lowest BCUT2D eigenvalue weighted by Crippen LogP contribution is -2.34. The van der Waals surface area contributed by atoms with Gasteiger partial charge in [0.15, 0.2) is 0 Å². The zero-order valence-electron chi connectivity index (χ0n) is 11.7. The van der Waals surface area contributed by atoms with E-state index in [1.165, 1.54) is 10.4 Å². The lowest BCUT2D eigenvalue weighted by molar-refractivity contribution is 0.135. The van der Waals surface area contributed by atoms with Crippen LogP contribution < -0.4 is 5.73 Å². The Kier molecular flexibility index (Phi) is 6.54. The fourth-order valence-corrected chi connectivity index (χ4v) is 3.32. The minimum atomic E-state index is -3.55. The van der Waals surface area contributed by atoms with Crippen LogP contribution in [0.15, 0.2) is 29.2 Å². The van der Waals surface area contributed by atoms with E-state index < -0.39 is 10.0 Å². The molecule has 0 aliphatic rings. The normalized spacial score (nSPS) is 11.8. The maximum absolute atomic E-state index is 12.5. The summed E-state index contributed by atoms with van der Waals surface area (Å²) in [5.41, 5.74) is 6.08. The summed E-state index contributed by atoms with van der Waals surface area (Å²) in [7, 11) is -3.55. The lowest BCUT2D eigenvalue weighted by Gasteiger charge is -2.20. The van der Waals surface area contributed by atoms with Gasteiger partial charge in [-0.05, 0) is 19.1 Å². The molecule has 0 aromatic heterocycles. The third-order valence-corrected chi connectivity index (χ3v) is 5.00. The van der Waals surface area contributed by atoms with Crippen molar-refractivity contribution < 1.29 is 13.2 Å². The molecule has 1 rings (SSSR count). The lowest BCUT2D eigenvalue weighted by atomic mass is 10.2. The first-order chi connectivity index (χ1) is 9.43. The Morgan fingerprint density at radius 2 is 2.10 bits per heavy atom. The molecule has 0 aliphatic carbocycles. The van der Waals surface area contributed by atoms with Gasteiger partial charge in [0.1, 0.15) is 4.99 Å². The van der Waals surface area contributed by atoms with Crippen molar-refractivity contribution in [2.45, 2.75) is 18.7 Å². The van der Waals surface area contributed by atoms with Gasteiger partial charge in [-0.15, -0.1) is 0 Å². The summed E-state index contributed by atoms with van der Waals surface area (Å²) in [4.78, 5) is 0.376. The average Bonchev–Trinajstić information content (AvgIpc) is 2.43. The number of nitrogens with zero attached hydrogens (tertiary/aromatic N) is 1. The molecule has 1 aromatic rings. The Hall–Kier alpha value is -1.02. The maximum Gasteiger partial charge on any atom is 0.243 e. The van der Waals surface area contributed by atoms with Crippen LogP contribution >= 0.6 is 12.2 Å². The summed E-state index contributed by atoms with van der Waals surface area (Å²) in [6.45, 7) is 5.31. The predicted octanol–water partition coefficient (Wildman–Crippen LogP) is 1.37. The van der Waals surface area contributed by atoms with Crippen molar-refractivity contribution in [3.8, 4) is 0 Å². The third kappa shape index (κ3) is 4.24. The number of ether oxygens (including phenoxy) is 1. The number of sulfonamides is 1. The van der Waals surface area contributed by atoms with Gasteiger partial charge >= 0.3 is 0 Å². The number of thiocarbonyl (C=S) groups is 1. The Labute approximate surface area is 125 Å². The molecule has 0 heterocycles. The van der Waals surface area contributed by atoms with Gasteiger partial charge < -0.3 is 10.5 Å². The van der Waals surface area contributed by atoms with Crippen LogP contribution in [0.2, 0.25) is 0 Å². The summed E-state index contributed by atoms with van der Waals surface area (Å²) < 4.78 is 31.6. The highest BCUT2D eigenvalue weighted by Gasteiger charge is 2.23. The number of hydrogen-bond donors (Lipinski definition) is 1. The van der Waals surface area contributed by atoms with Crippen LogP contribution in [0.4, 0.5) is 0 Å². The second-order valence-corrected chi connectivity index (χ2v) is 6.46. The van der Waals surface area contributed by atoms with E-state index in [4.69, 9.17) is 22.7 Å². The van der Waals surface area contributed by atoms with Crippen LogP contribution in [0, 0.1) is 0 Å². The van der Waals surface area contributed by atoms with E-state index in [0.29, 0.717) is 31.9 Å². The Morgan fingerprint density at radius 3 is 2.65 bits per heavy atom. The summed E-state index contributed by atoms with van der Waals surface area (Å²) in [5, 5.41) is 0. The smallest absolute Gasteiger partial charge is 0.243 e. The number of hydrogen-bond acceptors (Lipinski definition) is 4. The number of nitrogens with two attached hydrogens (primary N) is 1. The van der Waals surface area contributed by atoms with Gasteiger partial charge in [0.2, 0.25) is 10.0 Å². The van der Waals surface area contributed by atoms with Crippen molar-refractivity contribution in [1.29, 1.82) is 0 Å². The molecule has 7 heteroatoms.